The van der Waals surface area contributed by atoms with Crippen LogP contribution in [0.1, 0.15) is 36.0 Å². The molecule has 0 bridgehead atoms. The second-order valence-corrected chi connectivity index (χ2v) is 13.7. The minimum atomic E-state index is 0.621. The largest absolute Gasteiger partial charge is 0.374 e. The molecule has 8 rings (SSSR count). The number of nitrogens with zero attached hydrogens (tertiary/aromatic N) is 2. The van der Waals surface area contributed by atoms with Crippen LogP contribution >= 0.6 is 0 Å². The highest BCUT2D eigenvalue weighted by atomic mass is 15.1. The van der Waals surface area contributed by atoms with Crippen LogP contribution in [-0.2, 0) is 6.42 Å². The van der Waals surface area contributed by atoms with Crippen molar-refractivity contribution in [3.8, 4) is 0 Å². The number of allylic oxidation sites excluding steroid dienone is 11. The normalized spacial score (nSPS) is 20.1. The van der Waals surface area contributed by atoms with E-state index < -0.39 is 0 Å². The van der Waals surface area contributed by atoms with Gasteiger partial charge in [0.25, 0.3) is 0 Å². The van der Waals surface area contributed by atoms with Crippen LogP contribution in [0.3, 0.4) is 0 Å². The highest BCUT2D eigenvalue weighted by Gasteiger charge is 2.39. The van der Waals surface area contributed by atoms with E-state index in [4.69, 9.17) is 0 Å². The lowest BCUT2D eigenvalue weighted by atomic mass is 9.89. The summed E-state index contributed by atoms with van der Waals surface area (Å²) >= 11 is 0. The van der Waals surface area contributed by atoms with E-state index in [-0.39, 0.29) is 0 Å². The molecule has 250 valence electrons. The lowest BCUT2D eigenvalue weighted by Gasteiger charge is -2.28. The first-order valence-corrected chi connectivity index (χ1v) is 18.2. The third-order valence-corrected chi connectivity index (χ3v) is 10.2. The van der Waals surface area contributed by atoms with Crippen LogP contribution in [0.25, 0.3) is 22.4 Å². The summed E-state index contributed by atoms with van der Waals surface area (Å²) in [4.78, 5) is 4.78. The van der Waals surface area contributed by atoms with E-state index in [2.05, 4.69) is 175 Å². The Morgan fingerprint density at radius 1 is 0.820 bits per heavy atom. The van der Waals surface area contributed by atoms with Gasteiger partial charge in [-0.3, -0.25) is 0 Å². The Morgan fingerprint density at radius 3 is 2.52 bits per heavy atom. The molecule has 0 saturated heterocycles. The van der Waals surface area contributed by atoms with Gasteiger partial charge >= 0.3 is 0 Å². The molecule has 4 aliphatic carbocycles. The number of hydrogen-bond donors (Lipinski definition) is 0. The third-order valence-electron chi connectivity index (χ3n) is 10.2. The van der Waals surface area contributed by atoms with Gasteiger partial charge < -0.3 is 9.80 Å². The van der Waals surface area contributed by atoms with Crippen molar-refractivity contribution in [2.45, 2.75) is 25.7 Å². The number of likely N-dealkylation sites (N-methyl/N-ethyl adjacent to an activating group) is 1. The molecule has 1 fully saturated rings. The van der Waals surface area contributed by atoms with Gasteiger partial charge in [-0.2, -0.15) is 0 Å². The van der Waals surface area contributed by atoms with Crippen LogP contribution < -0.4 is 4.90 Å². The molecule has 4 aliphatic rings. The van der Waals surface area contributed by atoms with Crippen molar-refractivity contribution in [3.63, 3.8) is 0 Å². The second-order valence-electron chi connectivity index (χ2n) is 13.7. The lowest BCUT2D eigenvalue weighted by molar-refractivity contribution is 0.372. The standard InChI is InChI=1S/C30H27N.C18H21N/c1-2-3-4-5-8-21-31(30-16-10-12-23-11-6-7-14-28(23)30)26-19-17-24(18-20-26)27-15-9-13-25-22-29(25)27;1-19(18-9-3-2-4-10-18)14-15-11-12-16-7-5-6-8-17(16)13-15/h2-20,25,29H,1,21-22H2;3,5-12,15H,2,4,13-14H2,1H3/b4-3-,8-5-;. The summed E-state index contributed by atoms with van der Waals surface area (Å²) in [7, 11) is 2.20. The Morgan fingerprint density at radius 2 is 1.66 bits per heavy atom. The van der Waals surface area contributed by atoms with E-state index in [1.807, 2.05) is 12.2 Å². The summed E-state index contributed by atoms with van der Waals surface area (Å²) in [5, 5.41) is 2.53. The molecule has 1 saturated carbocycles. The van der Waals surface area contributed by atoms with Gasteiger partial charge in [-0.15, -0.1) is 0 Å². The summed E-state index contributed by atoms with van der Waals surface area (Å²) in [5.41, 5.74) is 9.52. The topological polar surface area (TPSA) is 6.48 Å². The summed E-state index contributed by atoms with van der Waals surface area (Å²) < 4.78 is 0. The fraction of sp³-hybridized carbons (Fsp3) is 0.208. The smallest absolute Gasteiger partial charge is 0.0493 e. The molecule has 2 nitrogen and oxygen atoms in total. The first-order valence-electron chi connectivity index (χ1n) is 18.2. The average Bonchev–Trinajstić information content (AvgIpc) is 3.98. The van der Waals surface area contributed by atoms with Gasteiger partial charge in [0.2, 0.25) is 0 Å². The van der Waals surface area contributed by atoms with Crippen molar-refractivity contribution in [2.24, 2.45) is 17.8 Å². The maximum Gasteiger partial charge on any atom is 0.0493 e. The summed E-state index contributed by atoms with van der Waals surface area (Å²) in [6.07, 6.45) is 33.3. The molecule has 4 aromatic rings. The number of fused-ring (bicyclic) bond motifs is 3. The maximum atomic E-state index is 3.74. The van der Waals surface area contributed by atoms with Crippen molar-refractivity contribution in [3.05, 3.63) is 193 Å². The Kier molecular flexibility index (Phi) is 10.6. The maximum absolute atomic E-state index is 3.74. The van der Waals surface area contributed by atoms with Crippen molar-refractivity contribution in [2.75, 3.05) is 25.0 Å². The molecule has 3 unspecified atom stereocenters. The fourth-order valence-electron chi connectivity index (χ4n) is 7.47. The van der Waals surface area contributed by atoms with Crippen LogP contribution in [0.15, 0.2) is 176 Å². The van der Waals surface area contributed by atoms with Crippen molar-refractivity contribution in [1.29, 1.82) is 0 Å². The molecule has 4 aromatic carbocycles. The van der Waals surface area contributed by atoms with Crippen molar-refractivity contribution < 1.29 is 0 Å². The van der Waals surface area contributed by atoms with E-state index in [0.717, 1.165) is 31.3 Å². The molecule has 0 N–H and O–H groups in total. The zero-order chi connectivity index (χ0) is 34.1. The van der Waals surface area contributed by atoms with E-state index in [1.54, 1.807) is 6.08 Å². The molecular weight excluding hydrogens is 605 g/mol. The fourth-order valence-corrected chi connectivity index (χ4v) is 7.47. The van der Waals surface area contributed by atoms with Crippen molar-refractivity contribution >= 4 is 33.8 Å². The Balaban J connectivity index is 0.000000176. The van der Waals surface area contributed by atoms with E-state index in [1.165, 1.54) is 69.4 Å². The molecule has 2 heteroatoms. The molecule has 50 heavy (non-hydrogen) atoms. The van der Waals surface area contributed by atoms with Crippen LogP contribution in [0.4, 0.5) is 11.4 Å². The molecule has 0 aromatic heterocycles. The summed E-state index contributed by atoms with van der Waals surface area (Å²) in [6.45, 7) is 5.63. The highest BCUT2D eigenvalue weighted by Crippen LogP contribution is 2.51. The minimum Gasteiger partial charge on any atom is -0.374 e. The van der Waals surface area contributed by atoms with Crippen molar-refractivity contribution in [1.82, 2.24) is 4.90 Å². The number of rotatable bonds is 10. The van der Waals surface area contributed by atoms with E-state index >= 15 is 0 Å². The monoisotopic (exact) mass is 652 g/mol. The van der Waals surface area contributed by atoms with Crippen LogP contribution in [0, 0.1) is 17.8 Å². The molecule has 0 aliphatic heterocycles. The van der Waals surface area contributed by atoms with Gasteiger partial charge in [-0.1, -0.05) is 152 Å². The van der Waals surface area contributed by atoms with Crippen LogP contribution in [0.5, 0.6) is 0 Å². The van der Waals surface area contributed by atoms with Gasteiger partial charge in [0.05, 0.1) is 0 Å². The predicted molar refractivity (Wildman–Crippen MR) is 216 cm³/mol. The van der Waals surface area contributed by atoms with Gasteiger partial charge in [0, 0.05) is 42.6 Å². The summed E-state index contributed by atoms with van der Waals surface area (Å²) in [6, 6.07) is 33.0. The molecule has 0 amide bonds. The van der Waals surface area contributed by atoms with Crippen LogP contribution in [0.2, 0.25) is 0 Å². The Hall–Kier alpha value is -5.34. The van der Waals surface area contributed by atoms with E-state index in [0.29, 0.717) is 5.92 Å². The number of benzene rings is 4. The highest BCUT2D eigenvalue weighted by molar-refractivity contribution is 5.96. The Bertz CT molecular complexity index is 2010. The molecule has 0 radical (unpaired) electrons. The predicted octanol–water partition coefficient (Wildman–Crippen LogP) is 11.9. The first-order chi connectivity index (χ1) is 24.7. The molecule has 3 atom stereocenters. The quantitative estimate of drug-likeness (QED) is 0.157. The lowest BCUT2D eigenvalue weighted by Crippen LogP contribution is -2.26. The molecule has 0 heterocycles. The Labute approximate surface area is 299 Å². The zero-order valence-electron chi connectivity index (χ0n) is 29.2. The third kappa shape index (κ3) is 7.92. The van der Waals surface area contributed by atoms with Gasteiger partial charge in [-0.25, -0.2) is 0 Å². The number of hydrogen-bond acceptors (Lipinski definition) is 2. The first kappa shape index (κ1) is 33.2. The second kappa shape index (κ2) is 15.9. The summed E-state index contributed by atoms with van der Waals surface area (Å²) in [5.74, 6) is 2.11. The van der Waals surface area contributed by atoms with E-state index in [9.17, 15) is 0 Å². The number of anilines is 2. The minimum absolute atomic E-state index is 0.621. The zero-order valence-corrected chi connectivity index (χ0v) is 29.2. The van der Waals surface area contributed by atoms with Gasteiger partial charge in [0.1, 0.15) is 0 Å². The average molecular weight is 653 g/mol. The molecule has 0 spiro atoms. The SMILES string of the molecule is C=C/C=C\C=C/CN(c1ccc(C2=CC=CC3CC23)cc1)c1cccc2ccccc12.CN(CC1C=Cc2ccccc2C1)C1=CCCC=C1. The molecular formula is C48H48N2. The van der Waals surface area contributed by atoms with Gasteiger partial charge in [0.15, 0.2) is 0 Å². The van der Waals surface area contributed by atoms with Gasteiger partial charge in [-0.05, 0) is 95.4 Å². The van der Waals surface area contributed by atoms with Crippen LogP contribution in [-0.4, -0.2) is 25.0 Å².